The van der Waals surface area contributed by atoms with Crippen LogP contribution in [0.25, 0.3) is 0 Å². The molecule has 6 heteroatoms. The summed E-state index contributed by atoms with van der Waals surface area (Å²) in [5.74, 6) is 1.11. The molecule has 2 N–H and O–H groups in total. The van der Waals surface area contributed by atoms with E-state index in [1.54, 1.807) is 0 Å². The van der Waals surface area contributed by atoms with Gasteiger partial charge in [-0.25, -0.2) is 9.78 Å². The van der Waals surface area contributed by atoms with Crippen LogP contribution in [0.3, 0.4) is 0 Å². The summed E-state index contributed by atoms with van der Waals surface area (Å²) < 4.78 is 6.85. The number of alkyl carbamates (subject to hydrolysis) is 1. The van der Waals surface area contributed by atoms with Crippen LogP contribution >= 0.6 is 0 Å². The van der Waals surface area contributed by atoms with E-state index < -0.39 is 0 Å². The first kappa shape index (κ1) is 19.4. The second-order valence-electron chi connectivity index (χ2n) is 7.20. The van der Waals surface area contributed by atoms with Gasteiger partial charge in [0.25, 0.3) is 0 Å². The number of hydrogen-bond acceptors (Lipinski definition) is 4. The summed E-state index contributed by atoms with van der Waals surface area (Å²) in [6, 6.07) is 11.4. The summed E-state index contributed by atoms with van der Waals surface area (Å²) in [6.07, 6.45) is 7.04. The highest BCUT2D eigenvalue weighted by molar-refractivity contribution is 5.66. The van der Waals surface area contributed by atoms with Crippen LogP contribution in [0.4, 0.5) is 4.79 Å². The Kier molecular flexibility index (Phi) is 6.87. The van der Waals surface area contributed by atoms with Crippen molar-refractivity contribution in [3.63, 3.8) is 0 Å². The van der Waals surface area contributed by atoms with Gasteiger partial charge in [0.1, 0.15) is 5.82 Å². The summed E-state index contributed by atoms with van der Waals surface area (Å²) in [5, 5.41) is 6.36. The van der Waals surface area contributed by atoms with Gasteiger partial charge in [0.2, 0.25) is 0 Å². The van der Waals surface area contributed by atoms with Gasteiger partial charge in [0.15, 0.2) is 0 Å². The number of methoxy groups -OCH3 is 1. The molecular formula is C21H30N4O2. The first-order valence-corrected chi connectivity index (χ1v) is 9.83. The van der Waals surface area contributed by atoms with Gasteiger partial charge in [0, 0.05) is 37.8 Å². The fourth-order valence-electron chi connectivity index (χ4n) is 3.18. The molecule has 0 unspecified atom stereocenters. The minimum Gasteiger partial charge on any atom is -0.453 e. The average Bonchev–Trinajstić information content (AvgIpc) is 3.41. The van der Waals surface area contributed by atoms with E-state index in [1.807, 2.05) is 6.07 Å². The van der Waals surface area contributed by atoms with Gasteiger partial charge in [0.05, 0.1) is 12.8 Å². The molecule has 1 heterocycles. The molecule has 3 rings (SSSR count). The predicted molar refractivity (Wildman–Crippen MR) is 106 cm³/mol. The Morgan fingerprint density at radius 1 is 1.30 bits per heavy atom. The molecule has 0 bridgehead atoms. The van der Waals surface area contributed by atoms with Crippen molar-refractivity contribution in [2.45, 2.75) is 57.7 Å². The van der Waals surface area contributed by atoms with Crippen molar-refractivity contribution in [2.24, 2.45) is 0 Å². The third-order valence-corrected chi connectivity index (χ3v) is 4.90. The topological polar surface area (TPSA) is 68.2 Å². The lowest BCUT2D eigenvalue weighted by Gasteiger charge is -2.09. The number of aryl methyl sites for hydroxylation is 3. The zero-order chi connectivity index (χ0) is 19.1. The molecular weight excluding hydrogens is 340 g/mol. The number of imidazole rings is 1. The number of amides is 1. The highest BCUT2D eigenvalue weighted by Gasteiger charge is 2.24. The van der Waals surface area contributed by atoms with Crippen molar-refractivity contribution in [3.8, 4) is 0 Å². The van der Waals surface area contributed by atoms with Crippen LogP contribution in [0.1, 0.15) is 49.3 Å². The van der Waals surface area contributed by atoms with Crippen molar-refractivity contribution in [2.75, 3.05) is 13.7 Å². The zero-order valence-electron chi connectivity index (χ0n) is 16.3. The monoisotopic (exact) mass is 370 g/mol. The Labute approximate surface area is 161 Å². The molecule has 27 heavy (non-hydrogen) atoms. The second kappa shape index (κ2) is 9.55. The third kappa shape index (κ3) is 6.10. The number of nitrogens with one attached hydrogen (secondary N) is 2. The Bertz CT molecular complexity index is 725. The van der Waals surface area contributed by atoms with Crippen LogP contribution in [-0.2, 0) is 24.1 Å². The van der Waals surface area contributed by atoms with Crippen molar-refractivity contribution < 1.29 is 9.53 Å². The number of ether oxygens (including phenoxy) is 1. The molecule has 1 amide bonds. The van der Waals surface area contributed by atoms with E-state index >= 15 is 0 Å². The molecule has 0 saturated heterocycles. The molecule has 1 aliphatic carbocycles. The van der Waals surface area contributed by atoms with Crippen molar-refractivity contribution in [1.29, 1.82) is 0 Å². The lowest BCUT2D eigenvalue weighted by molar-refractivity contribution is 0.171. The van der Waals surface area contributed by atoms with Crippen LogP contribution in [0.2, 0.25) is 0 Å². The summed E-state index contributed by atoms with van der Waals surface area (Å²) in [4.78, 5) is 16.1. The Morgan fingerprint density at radius 3 is 2.78 bits per heavy atom. The molecule has 0 spiro atoms. The summed E-state index contributed by atoms with van der Waals surface area (Å²) in [7, 11) is 1.38. The minimum atomic E-state index is -0.382. The summed E-state index contributed by atoms with van der Waals surface area (Å²) >= 11 is 0. The number of benzene rings is 1. The number of hydrogen-bond donors (Lipinski definition) is 2. The normalized spacial score (nSPS) is 14.7. The van der Waals surface area contributed by atoms with Crippen molar-refractivity contribution in [1.82, 2.24) is 20.2 Å². The van der Waals surface area contributed by atoms with E-state index in [2.05, 4.69) is 57.3 Å². The molecule has 2 aromatic rings. The van der Waals surface area contributed by atoms with Gasteiger partial charge >= 0.3 is 6.09 Å². The molecule has 146 valence electrons. The fraction of sp³-hybridized carbons (Fsp3) is 0.524. The summed E-state index contributed by atoms with van der Waals surface area (Å²) in [6.45, 7) is 3.61. The van der Waals surface area contributed by atoms with Crippen molar-refractivity contribution in [3.05, 3.63) is 53.6 Å². The molecule has 1 atom stereocenters. The maximum atomic E-state index is 11.2. The third-order valence-electron chi connectivity index (χ3n) is 4.90. The molecule has 0 radical (unpaired) electrons. The molecule has 1 aromatic carbocycles. The van der Waals surface area contributed by atoms with E-state index in [-0.39, 0.29) is 12.1 Å². The van der Waals surface area contributed by atoms with Gasteiger partial charge < -0.3 is 19.9 Å². The predicted octanol–water partition coefficient (Wildman–Crippen LogP) is 3.23. The van der Waals surface area contributed by atoms with Crippen molar-refractivity contribution >= 4 is 6.09 Å². The van der Waals surface area contributed by atoms with Crippen LogP contribution in [0.5, 0.6) is 0 Å². The van der Waals surface area contributed by atoms with Gasteiger partial charge in [-0.3, -0.25) is 0 Å². The van der Waals surface area contributed by atoms with Gasteiger partial charge in [-0.15, -0.1) is 0 Å². The molecule has 6 nitrogen and oxygen atoms in total. The first-order chi connectivity index (χ1) is 13.2. The molecule has 0 aliphatic heterocycles. The standard InChI is InChI=1S/C21H30N4O2/c1-16(23-18-10-11-18)19-15-25(14-6-13-22-21(26)27-2)20(24-19)12-9-17-7-4-3-5-8-17/h3-5,7-8,15-16,18,23H,6,9-14H2,1-2H3,(H,22,26)/t16-/m1/s1. The number of carbonyl (C=O) groups is 1. The maximum absolute atomic E-state index is 11.2. The SMILES string of the molecule is COC(=O)NCCCn1cc([C@@H](C)NC2CC2)nc1CCc1ccccc1. The molecule has 1 aliphatic rings. The zero-order valence-corrected chi connectivity index (χ0v) is 16.3. The molecule has 1 fully saturated rings. The van der Waals surface area contributed by atoms with E-state index in [0.29, 0.717) is 12.6 Å². The van der Waals surface area contributed by atoms with Crippen LogP contribution in [0.15, 0.2) is 36.5 Å². The highest BCUT2D eigenvalue weighted by atomic mass is 16.5. The van der Waals surface area contributed by atoms with Crippen LogP contribution in [-0.4, -0.2) is 35.3 Å². The Morgan fingerprint density at radius 2 is 2.07 bits per heavy atom. The quantitative estimate of drug-likeness (QED) is 0.630. The first-order valence-electron chi connectivity index (χ1n) is 9.83. The van der Waals surface area contributed by atoms with E-state index in [9.17, 15) is 4.79 Å². The maximum Gasteiger partial charge on any atom is 0.406 e. The average molecular weight is 370 g/mol. The number of rotatable bonds is 10. The van der Waals surface area contributed by atoms with Gasteiger partial charge in [-0.2, -0.15) is 0 Å². The van der Waals surface area contributed by atoms with Crippen LogP contribution in [0, 0.1) is 0 Å². The number of carbonyl (C=O) groups excluding carboxylic acids is 1. The van der Waals surface area contributed by atoms with E-state index in [4.69, 9.17) is 4.98 Å². The summed E-state index contributed by atoms with van der Waals surface area (Å²) in [5.41, 5.74) is 2.43. The molecule has 1 saturated carbocycles. The van der Waals surface area contributed by atoms with Crippen LogP contribution < -0.4 is 10.6 Å². The Hall–Kier alpha value is -2.34. The fourth-order valence-corrected chi connectivity index (χ4v) is 3.18. The number of aromatic nitrogens is 2. The highest BCUT2D eigenvalue weighted by Crippen LogP contribution is 2.24. The largest absolute Gasteiger partial charge is 0.453 e. The number of nitrogens with zero attached hydrogens (tertiary/aromatic N) is 2. The second-order valence-corrected chi connectivity index (χ2v) is 7.20. The van der Waals surface area contributed by atoms with Gasteiger partial charge in [-0.05, 0) is 38.2 Å². The Balaban J connectivity index is 1.62. The van der Waals surface area contributed by atoms with E-state index in [0.717, 1.165) is 37.3 Å². The lowest BCUT2D eigenvalue weighted by atomic mass is 10.1. The lowest BCUT2D eigenvalue weighted by Crippen LogP contribution is -2.25. The van der Waals surface area contributed by atoms with Gasteiger partial charge in [-0.1, -0.05) is 30.3 Å². The smallest absolute Gasteiger partial charge is 0.406 e. The molecule has 1 aromatic heterocycles. The minimum absolute atomic E-state index is 0.266. The van der Waals surface area contributed by atoms with E-state index in [1.165, 1.54) is 25.5 Å².